The standard InChI is InChI=1S/C14H26N2O/c1-11-5-8-15-9-12(11)10-16-13(17)14(2)6-3-4-7-14/h11-12,15H,3-10H2,1-2H3,(H,16,17). The van der Waals surface area contributed by atoms with Crippen molar-refractivity contribution in [3.63, 3.8) is 0 Å². The van der Waals surface area contributed by atoms with E-state index < -0.39 is 0 Å². The summed E-state index contributed by atoms with van der Waals surface area (Å²) < 4.78 is 0. The van der Waals surface area contributed by atoms with Gasteiger partial charge in [0.2, 0.25) is 5.91 Å². The van der Waals surface area contributed by atoms with Gasteiger partial charge in [0.05, 0.1) is 0 Å². The highest BCUT2D eigenvalue weighted by atomic mass is 16.2. The van der Waals surface area contributed by atoms with E-state index in [0.717, 1.165) is 38.4 Å². The largest absolute Gasteiger partial charge is 0.355 e. The Hall–Kier alpha value is -0.570. The van der Waals surface area contributed by atoms with Gasteiger partial charge in [-0.05, 0) is 44.2 Å². The molecule has 1 saturated heterocycles. The monoisotopic (exact) mass is 238 g/mol. The van der Waals surface area contributed by atoms with Gasteiger partial charge >= 0.3 is 0 Å². The second-order valence-electron chi connectivity index (χ2n) is 6.21. The maximum absolute atomic E-state index is 12.2. The summed E-state index contributed by atoms with van der Waals surface area (Å²) in [5.74, 6) is 1.62. The molecular formula is C14H26N2O. The molecule has 1 amide bonds. The van der Waals surface area contributed by atoms with Crippen molar-refractivity contribution in [2.75, 3.05) is 19.6 Å². The lowest BCUT2D eigenvalue weighted by Crippen LogP contribution is -2.45. The lowest BCUT2D eigenvalue weighted by Gasteiger charge is -2.31. The Labute approximate surface area is 105 Å². The van der Waals surface area contributed by atoms with Crippen LogP contribution in [0.5, 0.6) is 0 Å². The molecule has 98 valence electrons. The van der Waals surface area contributed by atoms with Gasteiger partial charge in [-0.25, -0.2) is 0 Å². The van der Waals surface area contributed by atoms with Crippen LogP contribution in [0.25, 0.3) is 0 Å². The fourth-order valence-corrected chi connectivity index (χ4v) is 3.15. The van der Waals surface area contributed by atoms with Gasteiger partial charge in [-0.1, -0.05) is 26.7 Å². The average Bonchev–Trinajstić information content (AvgIpc) is 2.76. The van der Waals surface area contributed by atoms with Crippen LogP contribution in [0, 0.1) is 17.3 Å². The van der Waals surface area contributed by atoms with Crippen molar-refractivity contribution in [2.24, 2.45) is 17.3 Å². The number of hydrogen-bond donors (Lipinski definition) is 2. The van der Waals surface area contributed by atoms with Gasteiger partial charge in [-0.2, -0.15) is 0 Å². The lowest BCUT2D eigenvalue weighted by atomic mass is 9.85. The fraction of sp³-hybridized carbons (Fsp3) is 0.929. The quantitative estimate of drug-likeness (QED) is 0.789. The maximum Gasteiger partial charge on any atom is 0.225 e. The van der Waals surface area contributed by atoms with Gasteiger partial charge in [0, 0.05) is 12.0 Å². The molecule has 17 heavy (non-hydrogen) atoms. The number of amides is 1. The van der Waals surface area contributed by atoms with Gasteiger partial charge < -0.3 is 10.6 Å². The summed E-state index contributed by atoms with van der Waals surface area (Å²) in [7, 11) is 0. The summed E-state index contributed by atoms with van der Waals surface area (Å²) in [6.45, 7) is 7.46. The normalized spacial score (nSPS) is 32.4. The zero-order chi connectivity index (χ0) is 12.3. The first-order valence-corrected chi connectivity index (χ1v) is 7.11. The zero-order valence-corrected chi connectivity index (χ0v) is 11.2. The number of carbonyl (C=O) groups excluding carboxylic acids is 1. The Balaban J connectivity index is 1.79. The third-order valence-corrected chi connectivity index (χ3v) is 4.77. The van der Waals surface area contributed by atoms with Crippen molar-refractivity contribution >= 4 is 5.91 Å². The van der Waals surface area contributed by atoms with Gasteiger partial charge in [0.15, 0.2) is 0 Å². The van der Waals surface area contributed by atoms with Gasteiger partial charge in [0.1, 0.15) is 0 Å². The first kappa shape index (κ1) is 12.9. The van der Waals surface area contributed by atoms with Gasteiger partial charge in [-0.3, -0.25) is 4.79 Å². The summed E-state index contributed by atoms with van der Waals surface area (Å²) in [5.41, 5.74) is -0.0780. The summed E-state index contributed by atoms with van der Waals surface area (Å²) >= 11 is 0. The van der Waals surface area contributed by atoms with Crippen LogP contribution in [0.3, 0.4) is 0 Å². The maximum atomic E-state index is 12.2. The van der Waals surface area contributed by atoms with Crippen molar-refractivity contribution in [1.82, 2.24) is 10.6 Å². The Kier molecular flexibility index (Phi) is 4.08. The molecule has 3 nitrogen and oxygen atoms in total. The van der Waals surface area contributed by atoms with E-state index in [1.165, 1.54) is 19.3 Å². The van der Waals surface area contributed by atoms with Gasteiger partial charge in [-0.15, -0.1) is 0 Å². The molecule has 2 aliphatic rings. The first-order valence-electron chi connectivity index (χ1n) is 7.11. The first-order chi connectivity index (χ1) is 8.12. The van der Waals surface area contributed by atoms with E-state index in [1.807, 2.05) is 0 Å². The molecule has 0 aromatic heterocycles. The Bertz CT molecular complexity index is 271. The van der Waals surface area contributed by atoms with E-state index >= 15 is 0 Å². The molecule has 1 aliphatic heterocycles. The highest BCUT2D eigenvalue weighted by Gasteiger charge is 2.36. The molecule has 0 bridgehead atoms. The molecule has 1 heterocycles. The van der Waals surface area contributed by atoms with E-state index in [9.17, 15) is 4.79 Å². The molecule has 2 atom stereocenters. The van der Waals surface area contributed by atoms with Crippen LogP contribution >= 0.6 is 0 Å². The molecule has 2 N–H and O–H groups in total. The second kappa shape index (κ2) is 5.38. The van der Waals surface area contributed by atoms with E-state index in [1.54, 1.807) is 0 Å². The van der Waals surface area contributed by atoms with E-state index in [0.29, 0.717) is 5.92 Å². The summed E-state index contributed by atoms with van der Waals surface area (Å²) in [6.07, 6.45) is 5.79. The molecule has 2 fully saturated rings. The highest BCUT2D eigenvalue weighted by molar-refractivity contribution is 5.82. The predicted molar refractivity (Wildman–Crippen MR) is 69.7 cm³/mol. The van der Waals surface area contributed by atoms with E-state index in [2.05, 4.69) is 24.5 Å². The van der Waals surface area contributed by atoms with E-state index in [4.69, 9.17) is 0 Å². The fourth-order valence-electron chi connectivity index (χ4n) is 3.15. The van der Waals surface area contributed by atoms with Crippen molar-refractivity contribution < 1.29 is 4.79 Å². The number of carbonyl (C=O) groups is 1. The second-order valence-corrected chi connectivity index (χ2v) is 6.21. The molecule has 0 aromatic carbocycles. The highest BCUT2D eigenvalue weighted by Crippen LogP contribution is 2.37. The third-order valence-electron chi connectivity index (χ3n) is 4.77. The molecular weight excluding hydrogens is 212 g/mol. The molecule has 1 aliphatic carbocycles. The smallest absolute Gasteiger partial charge is 0.225 e. The minimum absolute atomic E-state index is 0.0780. The molecule has 1 saturated carbocycles. The Morgan fingerprint density at radius 3 is 2.76 bits per heavy atom. The molecule has 2 rings (SSSR count). The topological polar surface area (TPSA) is 41.1 Å². The van der Waals surface area contributed by atoms with Crippen molar-refractivity contribution in [3.05, 3.63) is 0 Å². The van der Waals surface area contributed by atoms with Crippen LogP contribution in [0.1, 0.15) is 46.0 Å². The Morgan fingerprint density at radius 2 is 2.12 bits per heavy atom. The lowest BCUT2D eigenvalue weighted by molar-refractivity contribution is -0.130. The number of nitrogens with one attached hydrogen (secondary N) is 2. The number of piperidine rings is 1. The van der Waals surface area contributed by atoms with Crippen LogP contribution in [0.4, 0.5) is 0 Å². The van der Waals surface area contributed by atoms with Crippen LogP contribution in [0.2, 0.25) is 0 Å². The van der Waals surface area contributed by atoms with Crippen LogP contribution in [0.15, 0.2) is 0 Å². The van der Waals surface area contributed by atoms with Gasteiger partial charge in [0.25, 0.3) is 0 Å². The molecule has 0 radical (unpaired) electrons. The molecule has 2 unspecified atom stereocenters. The van der Waals surface area contributed by atoms with Crippen LogP contribution in [-0.4, -0.2) is 25.5 Å². The van der Waals surface area contributed by atoms with Crippen molar-refractivity contribution in [3.8, 4) is 0 Å². The average molecular weight is 238 g/mol. The summed E-state index contributed by atoms with van der Waals surface area (Å²) in [5, 5.41) is 6.60. The predicted octanol–water partition coefficient (Wildman–Crippen LogP) is 1.93. The SMILES string of the molecule is CC1CCNCC1CNC(=O)C1(C)CCCC1. The van der Waals surface area contributed by atoms with E-state index in [-0.39, 0.29) is 11.3 Å². The minimum atomic E-state index is -0.0780. The number of hydrogen-bond acceptors (Lipinski definition) is 2. The molecule has 3 heteroatoms. The van der Waals surface area contributed by atoms with Crippen LogP contribution in [-0.2, 0) is 4.79 Å². The molecule has 0 aromatic rings. The minimum Gasteiger partial charge on any atom is -0.355 e. The zero-order valence-electron chi connectivity index (χ0n) is 11.2. The number of rotatable bonds is 3. The molecule has 0 spiro atoms. The summed E-state index contributed by atoms with van der Waals surface area (Å²) in [4.78, 5) is 12.2. The third kappa shape index (κ3) is 3.01. The Morgan fingerprint density at radius 1 is 1.41 bits per heavy atom. The van der Waals surface area contributed by atoms with Crippen LogP contribution < -0.4 is 10.6 Å². The van der Waals surface area contributed by atoms with Crippen molar-refractivity contribution in [1.29, 1.82) is 0 Å². The summed E-state index contributed by atoms with van der Waals surface area (Å²) in [6, 6.07) is 0. The van der Waals surface area contributed by atoms with Crippen molar-refractivity contribution in [2.45, 2.75) is 46.0 Å².